The van der Waals surface area contributed by atoms with Gasteiger partial charge in [0.1, 0.15) is 36.2 Å². The molecule has 15 atom stereocenters. The van der Waals surface area contributed by atoms with Gasteiger partial charge in [-0.2, -0.15) is 0 Å². The Morgan fingerprint density at radius 3 is 2.19 bits per heavy atom. The number of methoxy groups -OCH3 is 3. The molecule has 2 aromatic rings. The van der Waals surface area contributed by atoms with E-state index in [1.54, 1.807) is 52.2 Å². The number of carbonyl (C=O) groups excluding carboxylic acids is 7. The molecule has 3 amide bonds. The van der Waals surface area contributed by atoms with Crippen molar-refractivity contribution in [2.24, 2.45) is 35.5 Å². The number of piperazine rings is 1. The number of hydrogen-bond acceptors (Lipinski definition) is 23. The Balaban J connectivity index is 0.900. The molecule has 3 N–H and O–H groups in total. The van der Waals surface area contributed by atoms with Gasteiger partial charge in [0.25, 0.3) is 17.6 Å². The number of esters is 1. The molecule has 558 valence electrons. The Morgan fingerprint density at radius 1 is 0.772 bits per heavy atom. The average molecular weight is 1410 g/mol. The number of aliphatic hydroxyl groups excluding tert-OH is 1. The lowest BCUT2D eigenvalue weighted by atomic mass is 9.78. The van der Waals surface area contributed by atoms with Crippen molar-refractivity contribution in [2.75, 3.05) is 103 Å². The Hall–Kier alpha value is -6.91. The molecule has 26 heteroatoms. The third kappa shape index (κ3) is 21.6. The number of nitrogens with one attached hydrogen (secondary N) is 1. The van der Waals surface area contributed by atoms with Crippen molar-refractivity contribution in [1.29, 1.82) is 0 Å². The Kier molecular flexibility index (Phi) is 30.5. The maximum absolute atomic E-state index is 14.8. The molecule has 0 radical (unpaired) electrons. The van der Waals surface area contributed by atoms with Crippen molar-refractivity contribution in [3.63, 3.8) is 0 Å². The van der Waals surface area contributed by atoms with Gasteiger partial charge in [-0.05, 0) is 113 Å². The summed E-state index contributed by atoms with van der Waals surface area (Å²) in [6.45, 7) is 20.2. The van der Waals surface area contributed by atoms with Crippen LogP contribution in [0.2, 0.25) is 0 Å². The number of allylic oxidation sites excluding steroid dienone is 6. The van der Waals surface area contributed by atoms with Crippen LogP contribution in [0, 0.1) is 35.5 Å². The summed E-state index contributed by atoms with van der Waals surface area (Å²) < 4.78 is 47.4. The van der Waals surface area contributed by atoms with E-state index in [1.165, 1.54) is 24.4 Å². The fourth-order valence-electron chi connectivity index (χ4n) is 14.6. The summed E-state index contributed by atoms with van der Waals surface area (Å²) in [6, 6.07) is -1.21. The second kappa shape index (κ2) is 38.6. The number of piperidine rings is 1. The molecule has 0 aromatic carbocycles. The molecule has 5 aliphatic heterocycles. The fourth-order valence-corrected chi connectivity index (χ4v) is 14.6. The Labute approximate surface area is 595 Å². The molecule has 101 heavy (non-hydrogen) atoms. The molecule has 4 fully saturated rings. The standard InChI is InChI=1S/C75H111N9O17/c1-12-33-97-35-36-98-34-26-76-69(89)55-43-77-72(78-44-55)81-29-31-82(32-30-81)73-79-45-56-46-83(28-25-58(56)80-73)74(92)100-61-24-22-54(40-64(61)95-10)39-50(5)63-42-60(85)49(4)38-52(7)66(87)67(96-11)65(86)51(6)37-47(2)18-14-13-15-19-48(3)62(94-9)41-57-23-21-53(8)75(93,101-57)68(88)70(90)84-27-17-16-20-59(84)71(91)99-63/h13-15,18-19,38,43-45,47,49-51,53-54,57,59,61-64,66-67,87,93H,12,16-17,20-37,39-42,46H2,1-11H3,(H,76,89)/b15-13+,18-14+,48-19+,52-38+/t47-,49-,50-,51-,53-,54+,57+,59+,61?,62+,63+,64-,66-,67+,75-/m1/s1. The van der Waals surface area contributed by atoms with E-state index in [2.05, 4.69) is 25.1 Å². The Bertz CT molecular complexity index is 3230. The van der Waals surface area contributed by atoms with Crippen LogP contribution in [0.15, 0.2) is 66.2 Å². The summed E-state index contributed by atoms with van der Waals surface area (Å²) in [5.74, 6) is -7.76. The number of amides is 3. The van der Waals surface area contributed by atoms with Gasteiger partial charge in [-0.1, -0.05) is 78.0 Å². The van der Waals surface area contributed by atoms with Crippen LogP contribution in [-0.2, 0) is 74.8 Å². The number of aliphatic hydroxyl groups is 2. The minimum atomic E-state index is -2.48. The highest BCUT2D eigenvalue weighted by Gasteiger charge is 2.53. The van der Waals surface area contributed by atoms with Crippen LogP contribution in [-0.4, -0.2) is 229 Å². The first-order valence-electron chi connectivity index (χ1n) is 36.5. The lowest BCUT2D eigenvalue weighted by Gasteiger charge is -2.42. The lowest BCUT2D eigenvalue weighted by molar-refractivity contribution is -0.265. The minimum Gasteiger partial charge on any atom is -0.460 e. The summed E-state index contributed by atoms with van der Waals surface area (Å²) in [6.07, 6.45) is 15.9. The molecule has 8 rings (SSSR count). The lowest BCUT2D eigenvalue weighted by Crippen LogP contribution is -2.61. The number of ketones is 3. The van der Waals surface area contributed by atoms with Crippen LogP contribution in [0.1, 0.15) is 160 Å². The predicted octanol–water partition coefficient (Wildman–Crippen LogP) is 7.46. The highest BCUT2D eigenvalue weighted by molar-refractivity contribution is 6.39. The maximum atomic E-state index is 14.8. The highest BCUT2D eigenvalue weighted by atomic mass is 16.6. The Morgan fingerprint density at radius 2 is 1.49 bits per heavy atom. The van der Waals surface area contributed by atoms with E-state index in [-0.39, 0.29) is 61.7 Å². The number of fused-ring (bicyclic) bond motifs is 4. The van der Waals surface area contributed by atoms with Gasteiger partial charge in [0.2, 0.25) is 17.7 Å². The molecule has 6 aliphatic rings. The molecule has 2 bridgehead atoms. The second-order valence-corrected chi connectivity index (χ2v) is 28.5. The van der Waals surface area contributed by atoms with E-state index in [1.807, 2.05) is 65.0 Å². The van der Waals surface area contributed by atoms with Crippen molar-refractivity contribution in [1.82, 2.24) is 35.1 Å². The molecule has 7 heterocycles. The number of rotatable bonds is 18. The van der Waals surface area contributed by atoms with Crippen molar-refractivity contribution >= 4 is 53.1 Å². The number of aromatic nitrogens is 4. The summed E-state index contributed by atoms with van der Waals surface area (Å²) in [5.41, 5.74) is 3.26. The minimum absolute atomic E-state index is 0.0149. The molecule has 0 spiro atoms. The summed E-state index contributed by atoms with van der Waals surface area (Å²) in [7, 11) is 4.53. The smallest absolute Gasteiger partial charge is 0.410 e. The van der Waals surface area contributed by atoms with E-state index in [0.717, 1.165) is 23.3 Å². The number of carbonyl (C=O) groups is 7. The summed E-state index contributed by atoms with van der Waals surface area (Å²) >= 11 is 0. The molecule has 3 saturated heterocycles. The van der Waals surface area contributed by atoms with Gasteiger partial charge >= 0.3 is 12.1 Å². The normalized spacial score (nSPS) is 31.7. The van der Waals surface area contributed by atoms with Crippen LogP contribution in [0.5, 0.6) is 0 Å². The SMILES string of the molecule is CCCOCCOCCNC(=O)c1cnc(N2CCN(c3ncc4c(n3)CCN(C(=O)OC3CC[C@@H](C[C@@H](C)[C@@H]5CC(=O)[C@H](C)/C=C(\C)[C@@H](O)[C@@H](OC)C(=O)[C@H](C)C[C@H](C)/C=C/C=C/C=C(\C)[C@@H](OC)C[C@@H]6CC[C@@H](C)[C@@](O)(O6)C(=O)C(=O)N6CCCC[C@H]6C(=O)O5)C[C@H]3OC)C4)CC2)nc1. The quantitative estimate of drug-likeness (QED) is 0.0564. The summed E-state index contributed by atoms with van der Waals surface area (Å²) in [4.78, 5) is 125. The van der Waals surface area contributed by atoms with E-state index in [0.29, 0.717) is 153 Å². The van der Waals surface area contributed by atoms with Gasteiger partial charge in [-0.15, -0.1) is 0 Å². The van der Waals surface area contributed by atoms with Gasteiger partial charge in [0, 0.05) is 135 Å². The molecule has 26 nitrogen and oxygen atoms in total. The van der Waals surface area contributed by atoms with Crippen LogP contribution in [0.4, 0.5) is 16.7 Å². The monoisotopic (exact) mass is 1410 g/mol. The fraction of sp³-hybridized carbons (Fsp3) is 0.693. The van der Waals surface area contributed by atoms with Crippen LogP contribution in [0.3, 0.4) is 0 Å². The van der Waals surface area contributed by atoms with E-state index in [4.69, 9.17) is 47.9 Å². The topological polar surface area (TPSA) is 310 Å². The highest BCUT2D eigenvalue weighted by Crippen LogP contribution is 2.39. The summed E-state index contributed by atoms with van der Waals surface area (Å²) in [5, 5.41) is 26.6. The zero-order chi connectivity index (χ0) is 72.9. The van der Waals surface area contributed by atoms with Crippen molar-refractivity contribution in [2.45, 2.75) is 206 Å². The van der Waals surface area contributed by atoms with E-state index >= 15 is 0 Å². The zero-order valence-electron chi connectivity index (χ0n) is 61.3. The molecule has 1 aliphatic carbocycles. The van der Waals surface area contributed by atoms with Gasteiger partial charge in [0.15, 0.2) is 5.78 Å². The second-order valence-electron chi connectivity index (χ2n) is 28.5. The van der Waals surface area contributed by atoms with Gasteiger partial charge in [0.05, 0.1) is 55.9 Å². The number of cyclic esters (lactones) is 1. The zero-order valence-corrected chi connectivity index (χ0v) is 61.3. The van der Waals surface area contributed by atoms with Crippen LogP contribution >= 0.6 is 0 Å². The van der Waals surface area contributed by atoms with E-state index in [9.17, 15) is 43.8 Å². The molecule has 1 unspecified atom stereocenters. The number of hydrogen-bond donors (Lipinski definition) is 3. The largest absolute Gasteiger partial charge is 0.460 e. The third-order valence-electron chi connectivity index (χ3n) is 20.9. The van der Waals surface area contributed by atoms with Gasteiger partial charge in [-0.3, -0.25) is 24.0 Å². The predicted molar refractivity (Wildman–Crippen MR) is 376 cm³/mol. The van der Waals surface area contributed by atoms with Crippen molar-refractivity contribution < 1.29 is 81.7 Å². The number of nitrogens with zero attached hydrogens (tertiary/aromatic N) is 8. The third-order valence-corrected chi connectivity index (χ3v) is 20.9. The number of ether oxygens (including phenoxy) is 8. The average Bonchev–Trinajstić information content (AvgIpc) is 0.773. The first-order valence-corrected chi connectivity index (χ1v) is 36.5. The van der Waals surface area contributed by atoms with Crippen LogP contribution < -0.4 is 15.1 Å². The molecule has 2 aromatic heterocycles. The maximum Gasteiger partial charge on any atom is 0.410 e. The van der Waals surface area contributed by atoms with Gasteiger partial charge in [-0.25, -0.2) is 29.5 Å². The van der Waals surface area contributed by atoms with E-state index < -0.39 is 102 Å². The van der Waals surface area contributed by atoms with Crippen LogP contribution in [0.25, 0.3) is 0 Å². The van der Waals surface area contributed by atoms with Crippen molar-refractivity contribution in [3.05, 3.63) is 83.0 Å². The first kappa shape index (κ1) is 79.8. The number of anilines is 2. The number of Topliss-reactive ketones (excluding diaryl/α,β-unsaturated/α-hetero) is 3. The molecular formula is C75H111N9O17. The first-order chi connectivity index (χ1) is 48.5. The molecule has 1 saturated carbocycles. The molecular weight excluding hydrogens is 1300 g/mol. The van der Waals surface area contributed by atoms with Gasteiger partial charge < -0.3 is 73.0 Å². The van der Waals surface area contributed by atoms with Crippen molar-refractivity contribution in [3.8, 4) is 0 Å².